The number of thiazole rings is 1. The fourth-order valence-electron chi connectivity index (χ4n) is 2.42. The molecule has 2 aromatic heterocycles. The molecule has 0 fully saturated rings. The van der Waals surface area contributed by atoms with Crippen molar-refractivity contribution in [2.75, 3.05) is 0 Å². The summed E-state index contributed by atoms with van der Waals surface area (Å²) in [5.41, 5.74) is 1.27. The molecular weight excluding hydrogens is 365 g/mol. The quantitative estimate of drug-likeness (QED) is 0.538. The van der Waals surface area contributed by atoms with Crippen LogP contribution in [0.5, 0.6) is 0 Å². The summed E-state index contributed by atoms with van der Waals surface area (Å²) in [6, 6.07) is 14.7. The molecule has 4 nitrogen and oxygen atoms in total. The summed E-state index contributed by atoms with van der Waals surface area (Å²) in [5, 5.41) is 9.23. The molecule has 0 aliphatic rings. The molecule has 24 heavy (non-hydrogen) atoms. The maximum Gasteiger partial charge on any atom is 0.276 e. The van der Waals surface area contributed by atoms with Crippen LogP contribution in [0.3, 0.4) is 0 Å². The van der Waals surface area contributed by atoms with Gasteiger partial charge in [-0.2, -0.15) is 0 Å². The average Bonchev–Trinajstić information content (AvgIpc) is 3.13. The molecule has 0 bridgehead atoms. The molecule has 0 atom stereocenters. The monoisotopic (exact) mass is 373 g/mol. The van der Waals surface area contributed by atoms with Gasteiger partial charge in [-0.3, -0.25) is 4.79 Å². The van der Waals surface area contributed by atoms with Gasteiger partial charge in [0.05, 0.1) is 4.53 Å². The Labute approximate surface area is 150 Å². The molecule has 0 saturated heterocycles. The molecular formula is C17H9Cl2N3OS. The van der Waals surface area contributed by atoms with Crippen LogP contribution in [0.4, 0.5) is 0 Å². The van der Waals surface area contributed by atoms with Crippen LogP contribution in [-0.4, -0.2) is 14.6 Å². The maximum atomic E-state index is 12.8. The van der Waals surface area contributed by atoms with Crippen LogP contribution in [0.15, 0.2) is 53.3 Å². The highest BCUT2D eigenvalue weighted by Gasteiger charge is 2.14. The molecule has 0 unspecified atom stereocenters. The molecule has 118 valence electrons. The van der Waals surface area contributed by atoms with Gasteiger partial charge in [-0.1, -0.05) is 70.9 Å². The van der Waals surface area contributed by atoms with Crippen molar-refractivity contribution in [1.29, 1.82) is 0 Å². The number of hydrogen-bond donors (Lipinski definition) is 0. The normalized spacial score (nSPS) is 12.2. The predicted octanol–water partition coefficient (Wildman–Crippen LogP) is 3.67. The predicted molar refractivity (Wildman–Crippen MR) is 97.8 cm³/mol. The van der Waals surface area contributed by atoms with Crippen molar-refractivity contribution in [3.05, 3.63) is 79.0 Å². The number of benzene rings is 2. The van der Waals surface area contributed by atoms with Crippen molar-refractivity contribution in [3.8, 4) is 11.4 Å². The molecule has 0 amide bonds. The third kappa shape index (κ3) is 2.51. The molecule has 0 radical (unpaired) electrons. The first kappa shape index (κ1) is 15.3. The van der Waals surface area contributed by atoms with E-state index in [9.17, 15) is 4.79 Å². The fraction of sp³-hybridized carbons (Fsp3) is 0. The zero-order valence-electron chi connectivity index (χ0n) is 12.1. The van der Waals surface area contributed by atoms with Crippen LogP contribution in [0.25, 0.3) is 22.4 Å². The largest absolute Gasteiger partial charge is 0.276 e. The summed E-state index contributed by atoms with van der Waals surface area (Å²) in [4.78, 5) is 13.3. The standard InChI is InChI=1S/C17H9Cl2N3OS/c18-12-7-4-8-13(19)11(12)9-14-16(23)22-15(20-21-17(22)24-14)10-5-2-1-3-6-10/h1-9H/b14-9-. The summed E-state index contributed by atoms with van der Waals surface area (Å²) in [6.45, 7) is 0. The van der Waals surface area contributed by atoms with E-state index >= 15 is 0 Å². The van der Waals surface area contributed by atoms with E-state index < -0.39 is 0 Å². The molecule has 7 heteroatoms. The molecule has 4 rings (SSSR count). The van der Waals surface area contributed by atoms with Crippen LogP contribution in [0.2, 0.25) is 10.0 Å². The Morgan fingerprint density at radius 2 is 1.67 bits per heavy atom. The summed E-state index contributed by atoms with van der Waals surface area (Å²) in [7, 11) is 0. The van der Waals surface area contributed by atoms with E-state index in [-0.39, 0.29) is 5.56 Å². The molecule has 2 heterocycles. The number of aromatic nitrogens is 3. The second kappa shape index (κ2) is 6.02. The minimum atomic E-state index is -0.185. The van der Waals surface area contributed by atoms with Gasteiger partial charge in [-0.05, 0) is 18.2 Å². The molecule has 4 aromatic rings. The molecule has 0 aliphatic heterocycles. The van der Waals surface area contributed by atoms with Crippen molar-refractivity contribution >= 4 is 45.6 Å². The van der Waals surface area contributed by atoms with E-state index in [1.54, 1.807) is 24.3 Å². The Bertz CT molecular complexity index is 1130. The van der Waals surface area contributed by atoms with Crippen LogP contribution in [-0.2, 0) is 0 Å². The van der Waals surface area contributed by atoms with Crippen molar-refractivity contribution in [1.82, 2.24) is 14.6 Å². The number of nitrogens with zero attached hydrogens (tertiary/aromatic N) is 3. The van der Waals surface area contributed by atoms with E-state index in [1.807, 2.05) is 30.3 Å². The lowest BCUT2D eigenvalue weighted by Gasteiger charge is -1.99. The van der Waals surface area contributed by atoms with E-state index in [1.165, 1.54) is 15.7 Å². The van der Waals surface area contributed by atoms with Gasteiger partial charge in [-0.25, -0.2) is 4.40 Å². The first-order valence-corrected chi connectivity index (χ1v) is 8.61. The average molecular weight is 374 g/mol. The van der Waals surface area contributed by atoms with E-state index in [4.69, 9.17) is 23.2 Å². The second-order valence-corrected chi connectivity index (χ2v) is 6.88. The third-order valence-electron chi connectivity index (χ3n) is 3.56. The van der Waals surface area contributed by atoms with E-state index in [0.717, 1.165) is 5.56 Å². The molecule has 2 aromatic carbocycles. The molecule has 0 saturated carbocycles. The topological polar surface area (TPSA) is 47.3 Å². The Hall–Kier alpha value is -2.21. The highest BCUT2D eigenvalue weighted by Crippen LogP contribution is 2.25. The maximum absolute atomic E-state index is 12.8. The van der Waals surface area contributed by atoms with Crippen LogP contribution < -0.4 is 10.1 Å². The Morgan fingerprint density at radius 1 is 0.958 bits per heavy atom. The van der Waals surface area contributed by atoms with Gasteiger partial charge in [0.25, 0.3) is 5.56 Å². The van der Waals surface area contributed by atoms with Crippen molar-refractivity contribution in [2.45, 2.75) is 0 Å². The minimum Gasteiger partial charge on any atom is -0.267 e. The van der Waals surface area contributed by atoms with Crippen LogP contribution >= 0.6 is 34.5 Å². The van der Waals surface area contributed by atoms with Gasteiger partial charge < -0.3 is 0 Å². The van der Waals surface area contributed by atoms with Crippen LogP contribution in [0.1, 0.15) is 5.56 Å². The second-order valence-electron chi connectivity index (χ2n) is 5.06. The summed E-state index contributed by atoms with van der Waals surface area (Å²) >= 11 is 13.6. The zero-order valence-corrected chi connectivity index (χ0v) is 14.4. The summed E-state index contributed by atoms with van der Waals surface area (Å²) < 4.78 is 2.02. The van der Waals surface area contributed by atoms with Crippen molar-refractivity contribution in [3.63, 3.8) is 0 Å². The molecule has 0 aliphatic carbocycles. The lowest BCUT2D eigenvalue weighted by atomic mass is 10.2. The summed E-state index contributed by atoms with van der Waals surface area (Å²) in [5.74, 6) is 0.525. The van der Waals surface area contributed by atoms with Crippen molar-refractivity contribution in [2.24, 2.45) is 0 Å². The lowest BCUT2D eigenvalue weighted by Crippen LogP contribution is -2.23. The Kier molecular flexibility index (Phi) is 3.84. The molecule has 0 N–H and O–H groups in total. The Balaban J connectivity index is 1.97. The summed E-state index contributed by atoms with van der Waals surface area (Å²) in [6.07, 6.45) is 1.70. The highest BCUT2D eigenvalue weighted by molar-refractivity contribution is 7.15. The SMILES string of the molecule is O=c1/c(=C/c2c(Cl)cccc2Cl)sc2nnc(-c3ccccc3)n12. The smallest absolute Gasteiger partial charge is 0.267 e. The zero-order chi connectivity index (χ0) is 16.7. The van der Waals surface area contributed by atoms with E-state index in [0.29, 0.717) is 30.9 Å². The number of halogens is 2. The first-order valence-electron chi connectivity index (χ1n) is 7.04. The number of rotatable bonds is 2. The third-order valence-corrected chi connectivity index (χ3v) is 5.17. The van der Waals surface area contributed by atoms with E-state index in [2.05, 4.69) is 10.2 Å². The highest BCUT2D eigenvalue weighted by atomic mass is 35.5. The van der Waals surface area contributed by atoms with Gasteiger partial charge in [0.15, 0.2) is 5.82 Å². The first-order chi connectivity index (χ1) is 11.6. The Morgan fingerprint density at radius 3 is 2.38 bits per heavy atom. The fourth-order valence-corrected chi connectivity index (χ4v) is 3.82. The number of hydrogen-bond acceptors (Lipinski definition) is 4. The van der Waals surface area contributed by atoms with Gasteiger partial charge in [0, 0.05) is 21.2 Å². The minimum absolute atomic E-state index is 0.185. The van der Waals surface area contributed by atoms with Crippen molar-refractivity contribution < 1.29 is 0 Å². The molecule has 0 spiro atoms. The van der Waals surface area contributed by atoms with Gasteiger partial charge >= 0.3 is 0 Å². The number of fused-ring (bicyclic) bond motifs is 1. The van der Waals surface area contributed by atoms with Gasteiger partial charge in [-0.15, -0.1) is 10.2 Å². The van der Waals surface area contributed by atoms with Crippen LogP contribution in [0, 0.1) is 0 Å². The lowest BCUT2D eigenvalue weighted by molar-refractivity contribution is 1.09. The van der Waals surface area contributed by atoms with Gasteiger partial charge in [0.1, 0.15) is 0 Å². The van der Waals surface area contributed by atoms with Gasteiger partial charge in [0.2, 0.25) is 4.96 Å².